The van der Waals surface area contributed by atoms with Gasteiger partial charge < -0.3 is 54.1 Å². The number of aliphatic hydroxyl groups is 1. The van der Waals surface area contributed by atoms with Gasteiger partial charge in [-0.15, -0.1) is 0 Å². The molecule has 0 saturated carbocycles. The van der Waals surface area contributed by atoms with Crippen LogP contribution < -0.4 is 30.9 Å². The van der Waals surface area contributed by atoms with E-state index in [1.165, 1.54) is 52.5 Å². The highest BCUT2D eigenvalue weighted by Gasteiger charge is 2.53. The Balaban J connectivity index is 1.67. The van der Waals surface area contributed by atoms with Crippen molar-refractivity contribution in [1.29, 1.82) is 0 Å². The summed E-state index contributed by atoms with van der Waals surface area (Å²) in [6, 6.07) is 5.31. The Kier molecular flexibility index (Phi) is 9.03. The lowest BCUT2D eigenvalue weighted by Gasteiger charge is -2.47. The molecule has 0 spiro atoms. The van der Waals surface area contributed by atoms with E-state index in [2.05, 4.69) is 5.32 Å². The zero-order chi connectivity index (χ0) is 32.5. The molecule has 0 unspecified atom stereocenters. The predicted molar refractivity (Wildman–Crippen MR) is 153 cm³/mol. The lowest BCUT2D eigenvalue weighted by Crippen LogP contribution is -2.65. The smallest absolute Gasteiger partial charge is 0.404 e. The third-order valence-electron chi connectivity index (χ3n) is 7.15. The number of anilines is 1. The molecule has 15 heteroatoms. The van der Waals surface area contributed by atoms with Gasteiger partial charge in [0, 0.05) is 18.2 Å². The number of ether oxygens (including phenoxy) is 6. The van der Waals surface area contributed by atoms with E-state index in [0.717, 1.165) is 0 Å². The summed E-state index contributed by atoms with van der Waals surface area (Å²) in [6.07, 6.45) is -5.71. The molecule has 5 N–H and O–H groups in total. The standard InChI is InChI=1S/C29H32N2O13/c1-12-16(41-27-20(34)23(43-28(30)37)24(40-6)29(2,3)44-27)8-7-15-19(33)18(26(36)42-21(12)15)31-25(35)13-9-14(11-32)22(39-5)17(10-13)38-4/h7-11,20,23-24,27,33-34H,1-6H3,(H2,30,37)(H,31,35)/t20-,23+,24-,27-/m1/s1. The topological polar surface area (TPSA) is 215 Å². The fraction of sp³-hybridized carbons (Fsp3) is 0.379. The van der Waals surface area contributed by atoms with Crippen molar-refractivity contribution in [1.82, 2.24) is 0 Å². The number of aromatic hydroxyl groups is 1. The first kappa shape index (κ1) is 32.1. The van der Waals surface area contributed by atoms with Crippen LogP contribution in [0, 0.1) is 6.92 Å². The number of carbonyl (C=O) groups is 3. The highest BCUT2D eigenvalue weighted by Crippen LogP contribution is 2.39. The summed E-state index contributed by atoms with van der Waals surface area (Å²) >= 11 is 0. The van der Waals surface area contributed by atoms with Gasteiger partial charge in [-0.1, -0.05) is 0 Å². The Hall–Kier alpha value is -4.86. The van der Waals surface area contributed by atoms with Gasteiger partial charge in [-0.05, 0) is 45.0 Å². The molecular weight excluding hydrogens is 584 g/mol. The molecule has 1 fully saturated rings. The molecule has 0 bridgehead atoms. The minimum absolute atomic E-state index is 0.0237. The van der Waals surface area contributed by atoms with E-state index in [9.17, 15) is 29.4 Å². The van der Waals surface area contributed by atoms with Gasteiger partial charge in [-0.25, -0.2) is 9.59 Å². The number of aliphatic hydroxyl groups excluding tert-OH is 1. The highest BCUT2D eigenvalue weighted by atomic mass is 16.7. The van der Waals surface area contributed by atoms with Gasteiger partial charge in [0.15, 0.2) is 41.4 Å². The van der Waals surface area contributed by atoms with E-state index >= 15 is 0 Å². The molecule has 236 valence electrons. The number of methoxy groups -OCH3 is 3. The molecule has 4 atom stereocenters. The molecule has 3 aromatic rings. The third kappa shape index (κ3) is 5.84. The van der Waals surface area contributed by atoms with Gasteiger partial charge in [-0.3, -0.25) is 9.59 Å². The van der Waals surface area contributed by atoms with Crippen molar-refractivity contribution < 1.29 is 57.4 Å². The summed E-state index contributed by atoms with van der Waals surface area (Å²) in [5.74, 6) is -1.13. The normalized spacial score (nSPS) is 20.9. The van der Waals surface area contributed by atoms with Crippen molar-refractivity contribution in [2.24, 2.45) is 5.73 Å². The Morgan fingerprint density at radius 2 is 1.82 bits per heavy atom. The Morgan fingerprint density at radius 1 is 1.11 bits per heavy atom. The summed E-state index contributed by atoms with van der Waals surface area (Å²) in [7, 11) is 4.01. The van der Waals surface area contributed by atoms with Gasteiger partial charge in [0.2, 0.25) is 6.29 Å². The van der Waals surface area contributed by atoms with Crippen LogP contribution in [0.4, 0.5) is 10.5 Å². The molecule has 2 amide bonds. The van der Waals surface area contributed by atoms with E-state index in [4.69, 9.17) is 38.6 Å². The number of carbonyl (C=O) groups excluding carboxylic acids is 3. The summed E-state index contributed by atoms with van der Waals surface area (Å²) in [4.78, 5) is 49.0. The van der Waals surface area contributed by atoms with Crippen LogP contribution in [0.1, 0.15) is 40.1 Å². The zero-order valence-electron chi connectivity index (χ0n) is 24.7. The van der Waals surface area contributed by atoms with Crippen LogP contribution in [0.15, 0.2) is 33.5 Å². The second-order valence-corrected chi connectivity index (χ2v) is 10.3. The number of benzene rings is 2. The number of fused-ring (bicyclic) bond motifs is 1. The van der Waals surface area contributed by atoms with Crippen molar-refractivity contribution in [3.05, 3.63) is 51.4 Å². The molecule has 0 aliphatic carbocycles. The highest BCUT2D eigenvalue weighted by molar-refractivity contribution is 6.07. The maximum atomic E-state index is 13.0. The Morgan fingerprint density at radius 3 is 2.41 bits per heavy atom. The molecular formula is C29H32N2O13. The molecule has 1 aliphatic rings. The maximum absolute atomic E-state index is 13.0. The minimum atomic E-state index is -1.54. The summed E-state index contributed by atoms with van der Waals surface area (Å²) < 4.78 is 38.1. The van der Waals surface area contributed by atoms with Gasteiger partial charge in [0.25, 0.3) is 5.91 Å². The van der Waals surface area contributed by atoms with Crippen molar-refractivity contribution >= 4 is 34.9 Å². The molecule has 1 aliphatic heterocycles. The monoisotopic (exact) mass is 616 g/mol. The maximum Gasteiger partial charge on any atom is 0.404 e. The summed E-state index contributed by atoms with van der Waals surface area (Å²) in [5.41, 5.74) is 2.55. The van der Waals surface area contributed by atoms with Crippen LogP contribution >= 0.6 is 0 Å². The molecule has 2 aromatic carbocycles. The quantitative estimate of drug-likeness (QED) is 0.201. The average molecular weight is 617 g/mol. The first-order valence-corrected chi connectivity index (χ1v) is 13.1. The molecule has 1 aromatic heterocycles. The summed E-state index contributed by atoms with van der Waals surface area (Å²) in [5, 5.41) is 24.3. The Labute approximate surface area is 250 Å². The fourth-order valence-electron chi connectivity index (χ4n) is 5.07. The average Bonchev–Trinajstić information content (AvgIpc) is 2.97. The van der Waals surface area contributed by atoms with Crippen molar-refractivity contribution in [2.75, 3.05) is 26.6 Å². The number of aryl methyl sites for hydroxylation is 1. The number of primary amides is 1. The van der Waals surface area contributed by atoms with Crippen molar-refractivity contribution in [2.45, 2.75) is 51.0 Å². The van der Waals surface area contributed by atoms with E-state index in [1.54, 1.807) is 13.8 Å². The third-order valence-corrected chi connectivity index (χ3v) is 7.15. The fourth-order valence-corrected chi connectivity index (χ4v) is 5.07. The molecule has 44 heavy (non-hydrogen) atoms. The van der Waals surface area contributed by atoms with Gasteiger partial charge >= 0.3 is 11.7 Å². The minimum Gasteiger partial charge on any atom is -0.505 e. The lowest BCUT2D eigenvalue weighted by atomic mass is 9.89. The van der Waals surface area contributed by atoms with Crippen LogP contribution in [0.3, 0.4) is 0 Å². The van der Waals surface area contributed by atoms with Gasteiger partial charge in [-0.2, -0.15) is 0 Å². The second kappa shape index (κ2) is 12.4. The predicted octanol–water partition coefficient (Wildman–Crippen LogP) is 2.24. The molecule has 15 nitrogen and oxygen atoms in total. The van der Waals surface area contributed by atoms with E-state index in [1.807, 2.05) is 0 Å². The molecule has 0 radical (unpaired) electrons. The van der Waals surface area contributed by atoms with Crippen LogP contribution in [0.5, 0.6) is 23.0 Å². The SMILES string of the molecule is COc1cc(C(=O)Nc2c(O)c3ccc(O[C@@H]4OC(C)(C)[C@H](OC)[C@@H](OC(N)=O)[C@H]4O)c(C)c3oc2=O)cc(C=O)c1OC. The number of nitrogens with two attached hydrogens (primary N) is 1. The van der Waals surface area contributed by atoms with Gasteiger partial charge in [0.05, 0.1) is 30.8 Å². The second-order valence-electron chi connectivity index (χ2n) is 10.3. The van der Waals surface area contributed by atoms with Crippen LogP contribution in [0.2, 0.25) is 0 Å². The van der Waals surface area contributed by atoms with Crippen molar-refractivity contribution in [3.63, 3.8) is 0 Å². The van der Waals surface area contributed by atoms with E-state index in [0.29, 0.717) is 6.29 Å². The first-order valence-electron chi connectivity index (χ1n) is 13.1. The first-order chi connectivity index (χ1) is 20.8. The molecule has 1 saturated heterocycles. The van der Waals surface area contributed by atoms with E-state index < -0.39 is 59.3 Å². The van der Waals surface area contributed by atoms with E-state index in [-0.39, 0.29) is 44.9 Å². The van der Waals surface area contributed by atoms with Crippen LogP contribution in [-0.2, 0) is 14.2 Å². The van der Waals surface area contributed by atoms with Crippen LogP contribution in [0.25, 0.3) is 11.0 Å². The number of nitrogens with one attached hydrogen (secondary N) is 1. The largest absolute Gasteiger partial charge is 0.505 e. The number of amides is 2. The Bertz CT molecular complexity index is 1670. The number of hydrogen-bond acceptors (Lipinski definition) is 13. The molecule has 4 rings (SSSR count). The zero-order valence-corrected chi connectivity index (χ0v) is 24.7. The lowest BCUT2D eigenvalue weighted by molar-refractivity contribution is -0.304. The van der Waals surface area contributed by atoms with Gasteiger partial charge in [0.1, 0.15) is 17.4 Å². The van der Waals surface area contributed by atoms with Crippen molar-refractivity contribution in [3.8, 4) is 23.0 Å². The molecule has 2 heterocycles. The number of rotatable bonds is 9. The number of hydrogen-bond donors (Lipinski definition) is 4. The number of aldehydes is 1. The van der Waals surface area contributed by atoms with Crippen LogP contribution in [-0.4, -0.2) is 80.0 Å². The summed E-state index contributed by atoms with van der Waals surface area (Å²) in [6.45, 7) is 4.81.